The van der Waals surface area contributed by atoms with E-state index in [9.17, 15) is 9.90 Å². The summed E-state index contributed by atoms with van der Waals surface area (Å²) in [5, 5.41) is 15.5. The lowest BCUT2D eigenvalue weighted by atomic mass is 10.1. The fraction of sp³-hybridized carbons (Fsp3) is 0.538. The van der Waals surface area contributed by atoms with E-state index < -0.39 is 17.2 Å². The van der Waals surface area contributed by atoms with Gasteiger partial charge in [0.1, 0.15) is 11.2 Å². The second-order valence-corrected chi connectivity index (χ2v) is 6.88. The zero-order valence-electron chi connectivity index (χ0n) is 12.5. The summed E-state index contributed by atoms with van der Waals surface area (Å²) in [6.07, 6.45) is 0. The highest BCUT2D eigenvalue weighted by molar-refractivity contribution is 7.13. The maximum Gasteiger partial charge on any atom is 0.358 e. The van der Waals surface area contributed by atoms with Crippen LogP contribution in [0.5, 0.6) is 0 Å². The van der Waals surface area contributed by atoms with Crippen LogP contribution < -0.4 is 0 Å². The molecule has 7 nitrogen and oxygen atoms in total. The van der Waals surface area contributed by atoms with Gasteiger partial charge in [-0.25, -0.2) is 9.78 Å². The number of hydrogen-bond acceptors (Lipinski definition) is 8. The predicted molar refractivity (Wildman–Crippen MR) is 75.8 cm³/mol. The topological polar surface area (TPSA) is 98.3 Å². The van der Waals surface area contributed by atoms with Gasteiger partial charge in [-0.2, -0.15) is 4.98 Å². The van der Waals surface area contributed by atoms with Crippen molar-refractivity contribution in [3.05, 3.63) is 17.0 Å². The summed E-state index contributed by atoms with van der Waals surface area (Å²) >= 11 is 1.20. The van der Waals surface area contributed by atoms with Crippen molar-refractivity contribution in [2.75, 3.05) is 0 Å². The van der Waals surface area contributed by atoms with Gasteiger partial charge in [0.2, 0.25) is 5.82 Å². The molecule has 2 rings (SSSR count). The van der Waals surface area contributed by atoms with Gasteiger partial charge in [0.05, 0.1) is 0 Å². The molecule has 0 aliphatic rings. The minimum absolute atomic E-state index is 0.0894. The molecule has 2 aromatic rings. The summed E-state index contributed by atoms with van der Waals surface area (Å²) in [7, 11) is 0. The lowest BCUT2D eigenvalue weighted by Crippen LogP contribution is -2.24. The van der Waals surface area contributed by atoms with Crippen LogP contribution in [0.4, 0.5) is 0 Å². The standard InChI is InChI=1S/C13H17N3O4S/c1-12(2,3)19-10(17)7-6-21-9(14-7)8-15-11(20-16-8)13(4,5)18/h6,18H,1-5H3. The summed E-state index contributed by atoms with van der Waals surface area (Å²) in [4.78, 5) is 20.1. The molecule has 0 amide bonds. The molecule has 0 radical (unpaired) electrons. The molecule has 0 spiro atoms. The lowest BCUT2D eigenvalue weighted by molar-refractivity contribution is 0.00637. The number of aliphatic hydroxyl groups is 1. The molecule has 0 saturated heterocycles. The molecular formula is C13H17N3O4S. The summed E-state index contributed by atoms with van der Waals surface area (Å²) in [5.41, 5.74) is -1.61. The molecule has 0 bridgehead atoms. The minimum Gasteiger partial charge on any atom is -0.455 e. The van der Waals surface area contributed by atoms with Crippen molar-refractivity contribution in [1.82, 2.24) is 15.1 Å². The lowest BCUT2D eigenvalue weighted by Gasteiger charge is -2.18. The van der Waals surface area contributed by atoms with Gasteiger partial charge >= 0.3 is 5.97 Å². The number of nitrogens with zero attached hydrogens (tertiary/aromatic N) is 3. The number of rotatable bonds is 3. The first-order chi connectivity index (χ1) is 9.56. The summed E-state index contributed by atoms with van der Waals surface area (Å²) in [5.74, 6) is -0.186. The van der Waals surface area contributed by atoms with Crippen LogP contribution in [0.3, 0.4) is 0 Å². The fourth-order valence-electron chi connectivity index (χ4n) is 1.36. The molecule has 0 aliphatic carbocycles. The van der Waals surface area contributed by atoms with Crippen LogP contribution in [0.15, 0.2) is 9.90 Å². The maximum atomic E-state index is 11.9. The van der Waals surface area contributed by atoms with Crippen LogP contribution in [0, 0.1) is 0 Å². The van der Waals surface area contributed by atoms with Crippen LogP contribution in [-0.2, 0) is 10.3 Å². The van der Waals surface area contributed by atoms with Crippen LogP contribution >= 0.6 is 11.3 Å². The van der Waals surface area contributed by atoms with Crippen molar-refractivity contribution in [3.63, 3.8) is 0 Å². The molecule has 114 valence electrons. The van der Waals surface area contributed by atoms with Gasteiger partial charge in [0.25, 0.3) is 5.89 Å². The molecule has 1 N–H and O–H groups in total. The van der Waals surface area contributed by atoms with Gasteiger partial charge < -0.3 is 14.4 Å². The number of aromatic nitrogens is 3. The average Bonchev–Trinajstić information content (AvgIpc) is 2.95. The molecule has 0 saturated carbocycles. The highest BCUT2D eigenvalue weighted by atomic mass is 32.1. The second-order valence-electron chi connectivity index (χ2n) is 6.02. The van der Waals surface area contributed by atoms with Gasteiger partial charge in [-0.05, 0) is 34.6 Å². The van der Waals surface area contributed by atoms with Gasteiger partial charge in [-0.15, -0.1) is 11.3 Å². The van der Waals surface area contributed by atoms with Gasteiger partial charge in [0, 0.05) is 5.38 Å². The van der Waals surface area contributed by atoms with E-state index in [4.69, 9.17) is 9.26 Å². The smallest absolute Gasteiger partial charge is 0.358 e. The zero-order chi connectivity index (χ0) is 15.8. The fourth-order valence-corrected chi connectivity index (χ4v) is 2.07. The number of esters is 1. The molecule has 0 aliphatic heterocycles. The highest BCUT2D eigenvalue weighted by Gasteiger charge is 2.26. The van der Waals surface area contributed by atoms with Crippen LogP contribution in [0.25, 0.3) is 10.8 Å². The number of hydrogen-bond donors (Lipinski definition) is 1. The largest absolute Gasteiger partial charge is 0.455 e. The number of carbonyl (C=O) groups is 1. The first-order valence-corrected chi connectivity index (χ1v) is 7.20. The van der Waals surface area contributed by atoms with E-state index in [1.54, 1.807) is 26.2 Å². The summed E-state index contributed by atoms with van der Waals surface area (Å²) in [6, 6.07) is 0. The first-order valence-electron chi connectivity index (χ1n) is 6.32. The Hall–Kier alpha value is -1.80. The summed E-state index contributed by atoms with van der Waals surface area (Å²) < 4.78 is 10.2. The molecule has 0 atom stereocenters. The van der Waals surface area contributed by atoms with Gasteiger partial charge in [-0.3, -0.25) is 0 Å². The van der Waals surface area contributed by atoms with E-state index in [1.165, 1.54) is 25.2 Å². The molecule has 21 heavy (non-hydrogen) atoms. The Kier molecular flexibility index (Phi) is 3.85. The highest BCUT2D eigenvalue weighted by Crippen LogP contribution is 2.25. The Balaban J connectivity index is 2.20. The molecular weight excluding hydrogens is 294 g/mol. The van der Waals surface area contributed by atoms with Gasteiger partial charge in [-0.1, -0.05) is 5.16 Å². The van der Waals surface area contributed by atoms with E-state index in [-0.39, 0.29) is 17.4 Å². The molecule has 8 heteroatoms. The van der Waals surface area contributed by atoms with Crippen molar-refractivity contribution >= 4 is 17.3 Å². The minimum atomic E-state index is -1.23. The normalized spacial score (nSPS) is 12.5. The van der Waals surface area contributed by atoms with Crippen molar-refractivity contribution in [2.45, 2.75) is 45.8 Å². The third kappa shape index (κ3) is 3.85. The Morgan fingerprint density at radius 3 is 2.48 bits per heavy atom. The number of ether oxygens (including phenoxy) is 1. The Morgan fingerprint density at radius 2 is 1.95 bits per heavy atom. The summed E-state index contributed by atoms with van der Waals surface area (Å²) in [6.45, 7) is 8.43. The van der Waals surface area contributed by atoms with E-state index in [2.05, 4.69) is 15.1 Å². The average molecular weight is 311 g/mol. The monoisotopic (exact) mass is 311 g/mol. The van der Waals surface area contributed by atoms with Crippen LogP contribution in [-0.4, -0.2) is 31.8 Å². The van der Waals surface area contributed by atoms with Crippen LogP contribution in [0.2, 0.25) is 0 Å². The zero-order valence-corrected chi connectivity index (χ0v) is 13.3. The second kappa shape index (κ2) is 5.19. The third-order valence-electron chi connectivity index (χ3n) is 2.25. The predicted octanol–water partition coefficient (Wildman–Crippen LogP) is 2.38. The van der Waals surface area contributed by atoms with Crippen molar-refractivity contribution in [1.29, 1.82) is 0 Å². The SMILES string of the molecule is CC(C)(C)OC(=O)c1csc(-c2noc(C(C)(C)O)n2)n1. The van der Waals surface area contributed by atoms with Crippen molar-refractivity contribution < 1.29 is 19.2 Å². The van der Waals surface area contributed by atoms with E-state index in [0.717, 1.165) is 0 Å². The van der Waals surface area contributed by atoms with Crippen molar-refractivity contribution in [2.24, 2.45) is 0 Å². The number of thiazole rings is 1. The van der Waals surface area contributed by atoms with Gasteiger partial charge in [0.15, 0.2) is 10.7 Å². The van der Waals surface area contributed by atoms with E-state index in [0.29, 0.717) is 5.01 Å². The molecule has 0 aromatic carbocycles. The molecule has 0 unspecified atom stereocenters. The maximum absolute atomic E-state index is 11.9. The Morgan fingerprint density at radius 1 is 1.29 bits per heavy atom. The Labute approximate surface area is 126 Å². The quantitative estimate of drug-likeness (QED) is 0.869. The van der Waals surface area contributed by atoms with Crippen molar-refractivity contribution in [3.8, 4) is 10.8 Å². The number of carbonyl (C=O) groups excluding carboxylic acids is 1. The molecule has 2 heterocycles. The van der Waals surface area contributed by atoms with E-state index in [1.807, 2.05) is 0 Å². The third-order valence-corrected chi connectivity index (χ3v) is 3.09. The van der Waals surface area contributed by atoms with Crippen LogP contribution in [0.1, 0.15) is 51.0 Å². The molecule has 2 aromatic heterocycles. The Bertz CT molecular complexity index is 649. The first kappa shape index (κ1) is 15.6. The molecule has 0 fully saturated rings. The van der Waals surface area contributed by atoms with E-state index >= 15 is 0 Å².